The molecular formula is C17H20ClN5. The lowest BCUT2D eigenvalue weighted by Crippen LogP contribution is -2.17. The summed E-state index contributed by atoms with van der Waals surface area (Å²) in [6.07, 6.45) is 5.75. The molecule has 0 aliphatic rings. The molecule has 1 aromatic carbocycles. The second kappa shape index (κ2) is 6.56. The van der Waals surface area contributed by atoms with E-state index in [-0.39, 0.29) is 6.04 Å². The SMILES string of the molecule is Cc1nn(-c2ccc(CNC(C)c3cnn(C)c3)cc2)cc1Cl. The van der Waals surface area contributed by atoms with Gasteiger partial charge in [-0.05, 0) is 31.5 Å². The average molecular weight is 330 g/mol. The molecule has 0 amide bonds. The second-order valence-corrected chi connectivity index (χ2v) is 6.13. The molecule has 6 heteroatoms. The van der Waals surface area contributed by atoms with E-state index in [4.69, 9.17) is 11.6 Å². The molecule has 3 aromatic rings. The Hall–Kier alpha value is -2.11. The van der Waals surface area contributed by atoms with Crippen LogP contribution in [0.15, 0.2) is 42.9 Å². The molecule has 5 nitrogen and oxygen atoms in total. The molecule has 23 heavy (non-hydrogen) atoms. The zero-order valence-electron chi connectivity index (χ0n) is 13.5. The Morgan fingerprint density at radius 2 is 1.96 bits per heavy atom. The smallest absolute Gasteiger partial charge is 0.0819 e. The summed E-state index contributed by atoms with van der Waals surface area (Å²) >= 11 is 6.05. The van der Waals surface area contributed by atoms with Gasteiger partial charge in [0.2, 0.25) is 0 Å². The monoisotopic (exact) mass is 329 g/mol. The van der Waals surface area contributed by atoms with Crippen LogP contribution < -0.4 is 5.32 Å². The van der Waals surface area contributed by atoms with Crippen molar-refractivity contribution in [1.29, 1.82) is 0 Å². The van der Waals surface area contributed by atoms with Crippen molar-refractivity contribution in [1.82, 2.24) is 24.9 Å². The summed E-state index contributed by atoms with van der Waals surface area (Å²) in [4.78, 5) is 0. The van der Waals surface area contributed by atoms with Gasteiger partial charge in [-0.3, -0.25) is 4.68 Å². The Kier molecular flexibility index (Phi) is 4.50. The predicted molar refractivity (Wildman–Crippen MR) is 91.8 cm³/mol. The van der Waals surface area contributed by atoms with Crippen LogP contribution in [-0.4, -0.2) is 19.6 Å². The molecule has 0 saturated carbocycles. The Bertz CT molecular complexity index is 768. The van der Waals surface area contributed by atoms with Crippen molar-refractivity contribution in [2.24, 2.45) is 7.05 Å². The first-order valence-corrected chi connectivity index (χ1v) is 7.94. The van der Waals surface area contributed by atoms with Crippen LogP contribution in [0.1, 0.15) is 29.8 Å². The van der Waals surface area contributed by atoms with Crippen molar-refractivity contribution in [2.45, 2.75) is 26.4 Å². The van der Waals surface area contributed by atoms with Gasteiger partial charge in [0.25, 0.3) is 0 Å². The maximum atomic E-state index is 6.05. The molecule has 0 radical (unpaired) electrons. The zero-order valence-corrected chi connectivity index (χ0v) is 14.2. The molecule has 0 aliphatic carbocycles. The topological polar surface area (TPSA) is 47.7 Å². The van der Waals surface area contributed by atoms with Gasteiger partial charge in [0, 0.05) is 37.6 Å². The highest BCUT2D eigenvalue weighted by Crippen LogP contribution is 2.17. The highest BCUT2D eigenvalue weighted by atomic mass is 35.5. The van der Waals surface area contributed by atoms with Gasteiger partial charge < -0.3 is 5.32 Å². The van der Waals surface area contributed by atoms with Gasteiger partial charge in [0.05, 0.1) is 22.6 Å². The van der Waals surface area contributed by atoms with E-state index in [1.165, 1.54) is 11.1 Å². The van der Waals surface area contributed by atoms with E-state index in [2.05, 4.69) is 46.7 Å². The standard InChI is InChI=1S/C17H20ClN5/c1-12(15-9-20-22(3)10-15)19-8-14-4-6-16(7-5-14)23-11-17(18)13(2)21-23/h4-7,9-12,19H,8H2,1-3H3. The van der Waals surface area contributed by atoms with Crippen LogP contribution in [-0.2, 0) is 13.6 Å². The molecule has 2 heterocycles. The summed E-state index contributed by atoms with van der Waals surface area (Å²) in [5.41, 5.74) is 4.25. The van der Waals surface area contributed by atoms with Gasteiger partial charge in [-0.15, -0.1) is 0 Å². The van der Waals surface area contributed by atoms with Crippen LogP contribution >= 0.6 is 11.6 Å². The molecule has 0 saturated heterocycles. The minimum absolute atomic E-state index is 0.260. The van der Waals surface area contributed by atoms with E-state index in [0.717, 1.165) is 17.9 Å². The summed E-state index contributed by atoms with van der Waals surface area (Å²) < 4.78 is 3.62. The summed E-state index contributed by atoms with van der Waals surface area (Å²) in [6.45, 7) is 4.84. The third kappa shape index (κ3) is 3.63. The van der Waals surface area contributed by atoms with Crippen LogP contribution in [0.2, 0.25) is 5.02 Å². The number of aromatic nitrogens is 4. The van der Waals surface area contributed by atoms with Gasteiger partial charge >= 0.3 is 0 Å². The van der Waals surface area contributed by atoms with Crippen LogP contribution in [0.25, 0.3) is 5.69 Å². The first-order valence-electron chi connectivity index (χ1n) is 7.56. The Balaban J connectivity index is 1.63. The molecule has 1 unspecified atom stereocenters. The van der Waals surface area contributed by atoms with Crippen molar-refractivity contribution in [2.75, 3.05) is 0 Å². The number of rotatable bonds is 5. The Labute approximate surface area is 140 Å². The number of hydrogen-bond donors (Lipinski definition) is 1. The summed E-state index contributed by atoms with van der Waals surface area (Å²) in [5.74, 6) is 0. The average Bonchev–Trinajstić information content (AvgIpc) is 3.12. The Morgan fingerprint density at radius 1 is 1.22 bits per heavy atom. The van der Waals surface area contributed by atoms with Crippen molar-refractivity contribution in [3.8, 4) is 5.69 Å². The number of aryl methyl sites for hydroxylation is 2. The third-order valence-electron chi connectivity index (χ3n) is 3.88. The minimum Gasteiger partial charge on any atom is -0.306 e. The van der Waals surface area contributed by atoms with Gasteiger partial charge in [0.1, 0.15) is 0 Å². The first kappa shape index (κ1) is 15.8. The van der Waals surface area contributed by atoms with E-state index in [1.807, 2.05) is 37.2 Å². The second-order valence-electron chi connectivity index (χ2n) is 5.72. The summed E-state index contributed by atoms with van der Waals surface area (Å²) in [5, 5.41) is 12.8. The summed E-state index contributed by atoms with van der Waals surface area (Å²) in [6, 6.07) is 8.56. The molecular weight excluding hydrogens is 310 g/mol. The lowest BCUT2D eigenvalue weighted by molar-refractivity contribution is 0.574. The highest BCUT2D eigenvalue weighted by molar-refractivity contribution is 6.31. The lowest BCUT2D eigenvalue weighted by atomic mass is 10.1. The molecule has 1 N–H and O–H groups in total. The molecule has 2 aromatic heterocycles. The van der Waals surface area contributed by atoms with Crippen molar-refractivity contribution < 1.29 is 0 Å². The van der Waals surface area contributed by atoms with E-state index in [9.17, 15) is 0 Å². The number of hydrogen-bond acceptors (Lipinski definition) is 3. The van der Waals surface area contributed by atoms with Crippen LogP contribution in [0, 0.1) is 6.92 Å². The van der Waals surface area contributed by atoms with Crippen molar-refractivity contribution >= 4 is 11.6 Å². The largest absolute Gasteiger partial charge is 0.306 e. The van der Waals surface area contributed by atoms with E-state index in [0.29, 0.717) is 5.02 Å². The molecule has 120 valence electrons. The van der Waals surface area contributed by atoms with E-state index < -0.39 is 0 Å². The fourth-order valence-corrected chi connectivity index (χ4v) is 2.52. The normalized spacial score (nSPS) is 12.5. The maximum absolute atomic E-state index is 6.05. The Morgan fingerprint density at radius 3 is 2.52 bits per heavy atom. The van der Waals surface area contributed by atoms with Gasteiger partial charge in [0.15, 0.2) is 0 Å². The maximum Gasteiger partial charge on any atom is 0.0819 e. The van der Waals surface area contributed by atoms with Crippen molar-refractivity contribution in [3.63, 3.8) is 0 Å². The number of nitrogens with zero attached hydrogens (tertiary/aromatic N) is 4. The minimum atomic E-state index is 0.260. The molecule has 0 spiro atoms. The van der Waals surface area contributed by atoms with Crippen LogP contribution in [0.4, 0.5) is 0 Å². The third-order valence-corrected chi connectivity index (χ3v) is 4.25. The lowest BCUT2D eigenvalue weighted by Gasteiger charge is -2.12. The summed E-state index contributed by atoms with van der Waals surface area (Å²) in [7, 11) is 1.93. The number of benzene rings is 1. The highest BCUT2D eigenvalue weighted by Gasteiger charge is 2.07. The van der Waals surface area contributed by atoms with E-state index >= 15 is 0 Å². The predicted octanol–water partition coefficient (Wildman–Crippen LogP) is 3.42. The fourth-order valence-electron chi connectivity index (χ4n) is 2.39. The van der Waals surface area contributed by atoms with Crippen LogP contribution in [0.5, 0.6) is 0 Å². The molecule has 0 fully saturated rings. The molecule has 0 aliphatic heterocycles. The number of nitrogens with one attached hydrogen (secondary N) is 1. The number of halogens is 1. The molecule has 0 bridgehead atoms. The molecule has 3 rings (SSSR count). The van der Waals surface area contributed by atoms with Crippen LogP contribution in [0.3, 0.4) is 0 Å². The van der Waals surface area contributed by atoms with Gasteiger partial charge in [-0.2, -0.15) is 10.2 Å². The zero-order chi connectivity index (χ0) is 16.4. The van der Waals surface area contributed by atoms with Gasteiger partial charge in [-0.1, -0.05) is 23.7 Å². The quantitative estimate of drug-likeness (QED) is 0.780. The fraction of sp³-hybridized carbons (Fsp3) is 0.294. The van der Waals surface area contributed by atoms with Gasteiger partial charge in [-0.25, -0.2) is 4.68 Å². The van der Waals surface area contributed by atoms with E-state index in [1.54, 1.807) is 4.68 Å². The first-order chi connectivity index (χ1) is 11.0. The van der Waals surface area contributed by atoms with Crippen molar-refractivity contribution in [3.05, 3.63) is 64.7 Å². The molecule has 1 atom stereocenters.